The molecule has 0 bridgehead atoms. The minimum absolute atomic E-state index is 0.218. The number of unbranched alkanes of at least 4 members (excludes halogenated alkanes) is 20. The molecule has 1 heterocycles. The number of allylic oxidation sites excluding steroid dienone is 4. The van der Waals surface area contributed by atoms with Gasteiger partial charge in [0.15, 0.2) is 12.4 Å². The Hall–Kier alpha value is -1.82. The van der Waals surface area contributed by atoms with Gasteiger partial charge in [-0.25, -0.2) is 0 Å². The van der Waals surface area contributed by atoms with Gasteiger partial charge in [0.1, 0.15) is 31.0 Å². The van der Waals surface area contributed by atoms with Crippen molar-refractivity contribution in [1.29, 1.82) is 0 Å². The number of aliphatic hydroxyl groups excluding tert-OH is 4. The normalized spacial score (nSPS) is 21.1. The van der Waals surface area contributed by atoms with Crippen LogP contribution in [-0.4, -0.2) is 89.0 Å². The van der Waals surface area contributed by atoms with E-state index in [1.54, 1.807) is 0 Å². The molecule has 1 aliphatic rings. The summed E-state index contributed by atoms with van der Waals surface area (Å²) in [6.07, 6.45) is 29.0. The van der Waals surface area contributed by atoms with Crippen molar-refractivity contribution in [3.8, 4) is 0 Å². The van der Waals surface area contributed by atoms with Crippen molar-refractivity contribution in [3.05, 3.63) is 24.3 Å². The molecule has 1 aliphatic heterocycles. The van der Waals surface area contributed by atoms with E-state index in [4.69, 9.17) is 18.9 Å². The van der Waals surface area contributed by atoms with Gasteiger partial charge < -0.3 is 39.4 Å². The number of rotatable bonds is 35. The average Bonchev–Trinajstić information content (AvgIpc) is 3.15. The van der Waals surface area contributed by atoms with Crippen LogP contribution >= 0.6 is 0 Å². The predicted molar refractivity (Wildman–Crippen MR) is 210 cm³/mol. The summed E-state index contributed by atoms with van der Waals surface area (Å²) in [6.45, 7) is 3.38. The molecule has 0 aromatic heterocycles. The first-order chi connectivity index (χ1) is 25.8. The smallest absolute Gasteiger partial charge is 0.306 e. The highest BCUT2D eigenvalue weighted by molar-refractivity contribution is 5.70. The first-order valence-corrected chi connectivity index (χ1v) is 21.4. The number of hydrogen-bond donors (Lipinski definition) is 4. The molecule has 0 aromatic rings. The summed E-state index contributed by atoms with van der Waals surface area (Å²) in [4.78, 5) is 25.2. The quantitative estimate of drug-likeness (QED) is 0.0281. The molecule has 0 radical (unpaired) electrons. The van der Waals surface area contributed by atoms with Gasteiger partial charge >= 0.3 is 11.9 Å². The molecule has 1 saturated heterocycles. The molecule has 0 amide bonds. The van der Waals surface area contributed by atoms with Crippen LogP contribution in [0.25, 0.3) is 0 Å². The molecule has 2 unspecified atom stereocenters. The summed E-state index contributed by atoms with van der Waals surface area (Å²) < 4.78 is 22.1. The van der Waals surface area contributed by atoms with Crippen LogP contribution in [-0.2, 0) is 28.5 Å². The SMILES string of the molecule is CCCCCCCC/C=C/CCCCCCCC(=O)O[C@H](COC(=O)CCCCC/C=C/CCCCCCCC)CO[C@@H]1O[C@H](CO)[C@H](O)C(O)C1O. The number of esters is 2. The van der Waals surface area contributed by atoms with E-state index in [0.717, 1.165) is 57.8 Å². The molecule has 10 nitrogen and oxygen atoms in total. The Balaban J connectivity index is 2.37. The first kappa shape index (κ1) is 49.2. The van der Waals surface area contributed by atoms with Crippen LogP contribution in [0.5, 0.6) is 0 Å². The summed E-state index contributed by atoms with van der Waals surface area (Å²) in [7, 11) is 0. The number of hydrogen-bond acceptors (Lipinski definition) is 10. The molecule has 1 fully saturated rings. The molecular weight excluding hydrogens is 676 g/mol. The van der Waals surface area contributed by atoms with Gasteiger partial charge in [0, 0.05) is 12.8 Å². The Morgan fingerprint density at radius 2 is 1.00 bits per heavy atom. The van der Waals surface area contributed by atoms with Gasteiger partial charge in [0.25, 0.3) is 0 Å². The maximum absolute atomic E-state index is 12.7. The fourth-order valence-electron chi connectivity index (χ4n) is 6.35. The summed E-state index contributed by atoms with van der Waals surface area (Å²) in [5, 5.41) is 40.0. The minimum Gasteiger partial charge on any atom is -0.462 e. The molecular formula is C43H78O10. The van der Waals surface area contributed by atoms with Crippen molar-refractivity contribution in [2.24, 2.45) is 0 Å². The average molecular weight is 755 g/mol. The van der Waals surface area contributed by atoms with Crippen LogP contribution in [0.15, 0.2) is 24.3 Å². The number of carbonyl (C=O) groups is 2. The van der Waals surface area contributed by atoms with Crippen LogP contribution in [0, 0.1) is 0 Å². The fourth-order valence-corrected chi connectivity index (χ4v) is 6.35. The zero-order chi connectivity index (χ0) is 38.8. The van der Waals surface area contributed by atoms with Crippen LogP contribution < -0.4 is 0 Å². The van der Waals surface area contributed by atoms with Crippen molar-refractivity contribution in [3.63, 3.8) is 0 Å². The zero-order valence-corrected chi connectivity index (χ0v) is 33.5. The Bertz CT molecular complexity index is 923. The lowest BCUT2D eigenvalue weighted by atomic mass is 9.99. The second-order valence-electron chi connectivity index (χ2n) is 14.8. The zero-order valence-electron chi connectivity index (χ0n) is 33.5. The summed E-state index contributed by atoms with van der Waals surface area (Å²) in [6, 6.07) is 0. The van der Waals surface area contributed by atoms with Crippen LogP contribution in [0.1, 0.15) is 181 Å². The third-order valence-corrected chi connectivity index (χ3v) is 9.81. The van der Waals surface area contributed by atoms with Gasteiger partial charge in [-0.2, -0.15) is 0 Å². The van der Waals surface area contributed by atoms with E-state index in [-0.39, 0.29) is 26.1 Å². The van der Waals surface area contributed by atoms with Crippen molar-refractivity contribution in [2.45, 2.75) is 218 Å². The van der Waals surface area contributed by atoms with Crippen LogP contribution in [0.4, 0.5) is 0 Å². The maximum atomic E-state index is 12.7. The fraction of sp³-hybridized carbons (Fsp3) is 0.860. The van der Waals surface area contributed by atoms with Crippen molar-refractivity contribution < 1.29 is 49.0 Å². The van der Waals surface area contributed by atoms with Gasteiger partial charge in [-0.05, 0) is 64.2 Å². The minimum atomic E-state index is -1.60. The van der Waals surface area contributed by atoms with E-state index in [1.807, 2.05) is 0 Å². The molecule has 4 N–H and O–H groups in total. The number of ether oxygens (including phenoxy) is 4. The Morgan fingerprint density at radius 3 is 1.49 bits per heavy atom. The van der Waals surface area contributed by atoms with Crippen molar-refractivity contribution in [1.82, 2.24) is 0 Å². The van der Waals surface area contributed by atoms with Gasteiger partial charge in [0.05, 0.1) is 13.2 Å². The lowest BCUT2D eigenvalue weighted by molar-refractivity contribution is -0.305. The topological polar surface area (TPSA) is 152 Å². The largest absolute Gasteiger partial charge is 0.462 e. The van der Waals surface area contributed by atoms with Gasteiger partial charge in [-0.1, -0.05) is 128 Å². The van der Waals surface area contributed by atoms with E-state index in [0.29, 0.717) is 12.8 Å². The Morgan fingerprint density at radius 1 is 0.566 bits per heavy atom. The standard InChI is InChI=1S/C43H78O10/c1-3-5-7-9-11-13-15-17-18-20-22-24-26-28-30-32-39(46)52-36(35-51-43-42(49)41(48)40(47)37(33-44)53-43)34-50-38(45)31-29-27-25-23-21-19-16-14-12-10-8-6-4-2/h17-19,21,36-37,40-44,47-49H,3-16,20,22-35H2,1-2H3/b18-17+,21-19+/t36-,37-,40+,41?,42?,43-/m1/s1. The first-order valence-electron chi connectivity index (χ1n) is 21.4. The molecule has 0 aliphatic carbocycles. The molecule has 310 valence electrons. The lowest BCUT2D eigenvalue weighted by Gasteiger charge is -2.39. The highest BCUT2D eigenvalue weighted by Crippen LogP contribution is 2.22. The summed E-state index contributed by atoms with van der Waals surface area (Å²) in [5.41, 5.74) is 0. The van der Waals surface area contributed by atoms with Gasteiger partial charge in [-0.15, -0.1) is 0 Å². The second-order valence-corrected chi connectivity index (χ2v) is 14.8. The van der Waals surface area contributed by atoms with E-state index in [2.05, 4.69) is 38.2 Å². The lowest BCUT2D eigenvalue weighted by Crippen LogP contribution is -2.59. The highest BCUT2D eigenvalue weighted by Gasteiger charge is 2.44. The summed E-state index contributed by atoms with van der Waals surface area (Å²) in [5.74, 6) is -0.833. The van der Waals surface area contributed by atoms with Gasteiger partial charge in [-0.3, -0.25) is 9.59 Å². The molecule has 0 spiro atoms. The second kappa shape index (κ2) is 34.7. The molecule has 0 aromatic carbocycles. The van der Waals surface area contributed by atoms with E-state index in [9.17, 15) is 30.0 Å². The third kappa shape index (κ3) is 26.6. The molecule has 10 heteroatoms. The molecule has 6 atom stereocenters. The summed E-state index contributed by atoms with van der Waals surface area (Å²) >= 11 is 0. The Kier molecular flexibility index (Phi) is 32.2. The van der Waals surface area contributed by atoms with Crippen molar-refractivity contribution in [2.75, 3.05) is 19.8 Å². The monoisotopic (exact) mass is 755 g/mol. The van der Waals surface area contributed by atoms with Gasteiger partial charge in [0.2, 0.25) is 0 Å². The van der Waals surface area contributed by atoms with Crippen LogP contribution in [0.2, 0.25) is 0 Å². The Labute approximate surface area is 322 Å². The third-order valence-electron chi connectivity index (χ3n) is 9.81. The highest BCUT2D eigenvalue weighted by atomic mass is 16.7. The van der Waals surface area contributed by atoms with Crippen LogP contribution in [0.3, 0.4) is 0 Å². The number of carbonyl (C=O) groups excluding carboxylic acids is 2. The van der Waals surface area contributed by atoms with E-state index >= 15 is 0 Å². The van der Waals surface area contributed by atoms with E-state index in [1.165, 1.54) is 83.5 Å². The number of aliphatic hydroxyl groups is 4. The van der Waals surface area contributed by atoms with Crippen molar-refractivity contribution >= 4 is 11.9 Å². The van der Waals surface area contributed by atoms with E-state index < -0.39 is 55.4 Å². The molecule has 0 saturated carbocycles. The predicted octanol–water partition coefficient (Wildman–Crippen LogP) is 8.55. The molecule has 1 rings (SSSR count). The maximum Gasteiger partial charge on any atom is 0.306 e. The molecule has 53 heavy (non-hydrogen) atoms.